The number of amides is 14. The number of carboxylic acids is 2. The summed E-state index contributed by atoms with van der Waals surface area (Å²) in [7, 11) is 9.48. The molecule has 0 radical (unpaired) electrons. The van der Waals surface area contributed by atoms with E-state index in [1.165, 1.54) is 96.1 Å². The second-order valence-electron chi connectivity index (χ2n) is 32.3. The van der Waals surface area contributed by atoms with Crippen molar-refractivity contribution in [1.29, 1.82) is 0 Å². The number of aliphatic carboxylic acids is 2. The minimum atomic E-state index is -1.89. The van der Waals surface area contributed by atoms with Gasteiger partial charge in [-0.25, -0.2) is 4.98 Å². The molecule has 1 aliphatic rings. The van der Waals surface area contributed by atoms with E-state index in [-0.39, 0.29) is 84.6 Å². The molecule has 1 aliphatic heterocycles. The molecule has 112 heavy (non-hydrogen) atoms. The molecule has 12 N–H and O–H groups in total. The van der Waals surface area contributed by atoms with Crippen molar-refractivity contribution >= 4 is 106 Å². The monoisotopic (exact) mass is 1580 g/mol. The summed E-state index contributed by atoms with van der Waals surface area (Å²) in [6, 6.07) is -12.4. The summed E-state index contributed by atoms with van der Waals surface area (Å²) in [4.78, 5) is 241. The Hall–Kier alpha value is -9.83. The molecule has 628 valence electrons. The van der Waals surface area contributed by atoms with E-state index in [0.29, 0.717) is 0 Å². The van der Waals surface area contributed by atoms with Crippen molar-refractivity contribution < 1.29 is 92.0 Å². The summed E-state index contributed by atoms with van der Waals surface area (Å²) in [6.07, 6.45) is -3.81. The quantitative estimate of drug-likeness (QED) is 0.0631. The zero-order chi connectivity index (χ0) is 85.7. The van der Waals surface area contributed by atoms with Gasteiger partial charge in [0.05, 0.1) is 23.7 Å². The molecule has 14 atom stereocenters. The molecule has 0 aliphatic carbocycles. The van der Waals surface area contributed by atoms with Gasteiger partial charge in [0.25, 0.3) is 5.91 Å². The van der Waals surface area contributed by atoms with Gasteiger partial charge in [-0.1, -0.05) is 96.9 Å². The summed E-state index contributed by atoms with van der Waals surface area (Å²) in [6.45, 7) is 26.6. The van der Waals surface area contributed by atoms with Gasteiger partial charge in [-0.05, 0) is 118 Å². The lowest BCUT2D eigenvalue weighted by molar-refractivity contribution is -0.157. The van der Waals surface area contributed by atoms with E-state index in [4.69, 9.17) is 5.73 Å². The van der Waals surface area contributed by atoms with Crippen LogP contribution in [0, 0.1) is 41.4 Å². The number of aromatic nitrogens is 2. The molecule has 2 heterocycles. The first kappa shape index (κ1) is 96.4. The zero-order valence-electron chi connectivity index (χ0n) is 69.6. The Kier molecular flexibility index (Phi) is 37.2. The number of fused-ring (bicyclic) bond motifs is 1. The Balaban J connectivity index is 2.33. The third kappa shape index (κ3) is 27.0. The van der Waals surface area contributed by atoms with Crippen molar-refractivity contribution in [2.75, 3.05) is 55.9 Å². The minimum Gasteiger partial charge on any atom is -0.481 e. The lowest BCUT2D eigenvalue weighted by Gasteiger charge is -2.41. The number of nitrogens with two attached hydrogens (primary N) is 1. The van der Waals surface area contributed by atoms with Crippen LogP contribution in [-0.4, -0.2) is 289 Å². The number of aromatic amines is 1. The molecule has 3 rings (SSSR count). The highest BCUT2D eigenvalue weighted by Gasteiger charge is 2.46. The summed E-state index contributed by atoms with van der Waals surface area (Å²) in [5.74, 6) is -17.1. The maximum Gasteiger partial charge on any atom is 0.303 e. The van der Waals surface area contributed by atoms with Gasteiger partial charge in [-0.15, -0.1) is 0 Å². The van der Waals surface area contributed by atoms with Crippen LogP contribution in [0.3, 0.4) is 0 Å². The Bertz CT molecular complexity index is 3690. The van der Waals surface area contributed by atoms with Gasteiger partial charge in [0.1, 0.15) is 78.3 Å². The molecule has 1 aromatic heterocycles. The number of aliphatic hydroxyl groups is 1. The van der Waals surface area contributed by atoms with Crippen LogP contribution >= 0.6 is 0 Å². The van der Waals surface area contributed by atoms with E-state index < -0.39 is 223 Å². The number of rotatable bonds is 26. The molecule has 0 spiro atoms. The van der Waals surface area contributed by atoms with Crippen molar-refractivity contribution in [1.82, 2.24) is 76.2 Å². The fraction of sp³-hybridized carbons (Fsp3) is 0.701. The largest absolute Gasteiger partial charge is 0.481 e. The molecular weight excluding hydrogens is 1450 g/mol. The normalized spacial score (nSPS) is 23.6. The SMILES string of the molecule is CCC1NC(=O)C(C(O)C(C)Cc2nc3ccc(C(=O)NC(CCC(=O)O)C(=O)NC(CCC(=O)O)C(N)=O)cc3[nH]2)N(C)C(=O)C(C(C)C)N(C)C(=O)C(CC(C)C)N(C)C(=O)C(CC(C)C)N(C)C(=O)C(C)NC(=O)C(C)NC(=O)C(CC(C)C)N(C)C(=O)C(C(C)C)NC(=O)C(CC(C)C)N(C)C(=O)CN(C)C1=O. The van der Waals surface area contributed by atoms with Crippen molar-refractivity contribution in [2.24, 2.45) is 47.2 Å². The molecule has 0 saturated carbocycles. The van der Waals surface area contributed by atoms with E-state index in [1.807, 2.05) is 55.4 Å². The Morgan fingerprint density at radius 2 is 0.991 bits per heavy atom. The first-order valence-electron chi connectivity index (χ1n) is 38.5. The average molecular weight is 1580 g/mol. The molecule has 2 aromatic rings. The van der Waals surface area contributed by atoms with Crippen molar-refractivity contribution in [2.45, 2.75) is 254 Å². The number of hydrogen-bond donors (Lipinski definition) is 11. The van der Waals surface area contributed by atoms with E-state index in [1.54, 1.807) is 41.5 Å². The van der Waals surface area contributed by atoms with Gasteiger partial charge in [0, 0.05) is 74.2 Å². The minimum absolute atomic E-state index is 0.0448. The van der Waals surface area contributed by atoms with Gasteiger partial charge in [-0.2, -0.15) is 0 Å². The van der Waals surface area contributed by atoms with E-state index in [0.717, 1.165) is 19.6 Å². The number of carboxylic acid groups (broad SMARTS) is 2. The number of nitrogens with one attached hydrogen (secondary N) is 7. The summed E-state index contributed by atoms with van der Waals surface area (Å²) < 4.78 is 0. The lowest BCUT2D eigenvalue weighted by atomic mass is 9.91. The van der Waals surface area contributed by atoms with Gasteiger partial charge >= 0.3 is 11.9 Å². The third-order valence-electron chi connectivity index (χ3n) is 20.2. The number of nitrogens with zero attached hydrogens (tertiary/aromatic N) is 8. The van der Waals surface area contributed by atoms with E-state index in [9.17, 15) is 72.9 Å². The molecule has 1 saturated heterocycles. The molecule has 35 heteroatoms. The summed E-state index contributed by atoms with van der Waals surface area (Å²) in [5.41, 5.74) is 5.87. The number of carbonyl (C=O) groups excluding carboxylic acids is 14. The van der Waals surface area contributed by atoms with E-state index in [2.05, 4.69) is 41.9 Å². The van der Waals surface area contributed by atoms with Crippen LogP contribution in [0.5, 0.6) is 0 Å². The second kappa shape index (κ2) is 43.3. The molecule has 14 amide bonds. The zero-order valence-corrected chi connectivity index (χ0v) is 69.6. The number of likely N-dealkylation sites (N-methyl/N-ethyl adjacent to an activating group) is 7. The van der Waals surface area contributed by atoms with E-state index >= 15 is 19.2 Å². The van der Waals surface area contributed by atoms with Crippen LogP contribution in [0.25, 0.3) is 11.0 Å². The van der Waals surface area contributed by atoms with Crippen molar-refractivity contribution in [3.05, 3.63) is 29.6 Å². The second-order valence-corrected chi connectivity index (χ2v) is 32.3. The number of imidazole rings is 1. The molecule has 35 nitrogen and oxygen atoms in total. The Labute approximate surface area is 657 Å². The molecule has 1 fully saturated rings. The Morgan fingerprint density at radius 3 is 1.48 bits per heavy atom. The maximum absolute atomic E-state index is 15.6. The van der Waals surface area contributed by atoms with Gasteiger partial charge < -0.3 is 92.2 Å². The maximum atomic E-state index is 15.6. The Morgan fingerprint density at radius 1 is 0.527 bits per heavy atom. The topological polar surface area (TPSA) is 483 Å². The van der Waals surface area contributed by atoms with Gasteiger partial charge in [0.2, 0.25) is 76.8 Å². The molecule has 1 aromatic carbocycles. The highest BCUT2D eigenvalue weighted by atomic mass is 16.4. The molecular formula is C77H126N16O19. The summed E-state index contributed by atoms with van der Waals surface area (Å²) >= 11 is 0. The summed E-state index contributed by atoms with van der Waals surface area (Å²) in [5, 5.41) is 47.1. The smallest absolute Gasteiger partial charge is 0.303 e. The van der Waals surface area contributed by atoms with Crippen molar-refractivity contribution in [3.8, 4) is 0 Å². The van der Waals surface area contributed by atoms with Crippen LogP contribution in [0.2, 0.25) is 0 Å². The number of hydrogen-bond acceptors (Lipinski definition) is 18. The van der Waals surface area contributed by atoms with Crippen LogP contribution in [0.15, 0.2) is 18.2 Å². The average Bonchev–Trinajstić information content (AvgIpc) is 1.14. The van der Waals surface area contributed by atoms with Gasteiger partial charge in [0.15, 0.2) is 0 Å². The predicted octanol–water partition coefficient (Wildman–Crippen LogP) is 1.22. The van der Waals surface area contributed by atoms with Gasteiger partial charge in [-0.3, -0.25) is 76.7 Å². The van der Waals surface area contributed by atoms with Crippen LogP contribution in [0.4, 0.5) is 0 Å². The molecule has 14 unspecified atom stereocenters. The van der Waals surface area contributed by atoms with Crippen molar-refractivity contribution in [3.63, 3.8) is 0 Å². The van der Waals surface area contributed by atoms with Crippen LogP contribution in [0.1, 0.15) is 185 Å². The van der Waals surface area contributed by atoms with Crippen LogP contribution < -0.4 is 37.6 Å². The first-order chi connectivity index (χ1) is 51.9. The highest BCUT2D eigenvalue weighted by molar-refractivity contribution is 6.02. The predicted molar refractivity (Wildman–Crippen MR) is 415 cm³/mol. The number of H-pyrrole nitrogens is 1. The first-order valence-corrected chi connectivity index (χ1v) is 38.5. The fourth-order valence-electron chi connectivity index (χ4n) is 13.5. The number of benzene rings is 1. The molecule has 0 bridgehead atoms. The number of carbonyl (C=O) groups is 16. The van der Waals surface area contributed by atoms with Crippen LogP contribution in [-0.2, 0) is 78.3 Å². The number of aliphatic hydroxyl groups excluding tert-OH is 1. The fourth-order valence-corrected chi connectivity index (χ4v) is 13.5. The lowest BCUT2D eigenvalue weighted by Crippen LogP contribution is -2.63. The number of primary amides is 1. The highest BCUT2D eigenvalue weighted by Crippen LogP contribution is 2.27. The third-order valence-corrected chi connectivity index (χ3v) is 20.2. The standard InChI is InChI=1S/C77H126N16O19/c1-24-48-73(108)87(17)37-58(94)88(18)53(31-38(2)3)70(105)86-61(42(10)11)76(111)89(19)54(32-39(4)5)69(104)79-45(15)66(101)80-46(16)72(107)90(20)55(33-40(6)7)74(109)91(21)56(34-41(8)9)75(110)92(22)62(43(12)13)77(112)93(23)63(71(106)83-48)64(99)44(14)35-57-81-49-26-25-47(36-52(49)82-57)67(102)85-51(28-30-60(97)98)68(103)84-50(65(78)100)27-29-59(95)96/h25-26,36,38-46,48,50-51,53-56,61-64,99H,24,27-35,37H2,1-23H3,(H2,78,100)(H,79,104)(H,80,101)(H,81,82)(H,83,106)(H,84,103)(H,85,102)(H,86,105)(H,95,96)(H,97,98).